The Bertz CT molecular complexity index is 404. The number of benzene rings is 1. The first-order valence-electron chi connectivity index (χ1n) is 7.43. The molecular weight excluding hydrogens is 252 g/mol. The predicted molar refractivity (Wildman–Crippen MR) is 82.7 cm³/mol. The molecule has 19 heavy (non-hydrogen) atoms. The van der Waals surface area contributed by atoms with E-state index in [0.29, 0.717) is 5.54 Å². The van der Waals surface area contributed by atoms with Crippen molar-refractivity contribution in [2.45, 2.75) is 30.2 Å². The van der Waals surface area contributed by atoms with Crippen LogP contribution >= 0.6 is 11.8 Å². The van der Waals surface area contributed by atoms with E-state index in [4.69, 9.17) is 0 Å². The molecule has 1 aromatic carbocycles. The first-order chi connectivity index (χ1) is 9.29. The van der Waals surface area contributed by atoms with E-state index in [1.54, 1.807) is 0 Å². The van der Waals surface area contributed by atoms with Crippen LogP contribution in [-0.4, -0.2) is 42.4 Å². The second-order valence-electron chi connectivity index (χ2n) is 5.96. The Labute approximate surface area is 121 Å². The smallest absolute Gasteiger partial charge is 0.0334 e. The SMILES string of the molecule is CC1(C2CC2)CNCCN1CCSc1ccccc1. The topological polar surface area (TPSA) is 15.3 Å². The van der Waals surface area contributed by atoms with Gasteiger partial charge >= 0.3 is 0 Å². The molecule has 1 aliphatic carbocycles. The number of nitrogens with zero attached hydrogens (tertiary/aromatic N) is 1. The Morgan fingerprint density at radius 3 is 2.84 bits per heavy atom. The van der Waals surface area contributed by atoms with Gasteiger partial charge in [0.2, 0.25) is 0 Å². The Kier molecular flexibility index (Phi) is 4.15. The molecule has 1 unspecified atom stereocenters. The van der Waals surface area contributed by atoms with Crippen LogP contribution in [0.5, 0.6) is 0 Å². The van der Waals surface area contributed by atoms with Gasteiger partial charge in [-0.2, -0.15) is 0 Å². The van der Waals surface area contributed by atoms with Crippen LogP contribution in [0.4, 0.5) is 0 Å². The molecule has 1 N–H and O–H groups in total. The molecule has 2 fully saturated rings. The molecular formula is C16H24N2S. The number of nitrogens with one attached hydrogen (secondary N) is 1. The third kappa shape index (κ3) is 3.15. The number of hydrogen-bond acceptors (Lipinski definition) is 3. The van der Waals surface area contributed by atoms with Crippen LogP contribution in [0.3, 0.4) is 0 Å². The van der Waals surface area contributed by atoms with Gasteiger partial charge in [-0.15, -0.1) is 11.8 Å². The summed E-state index contributed by atoms with van der Waals surface area (Å²) in [5.74, 6) is 2.13. The highest BCUT2D eigenvalue weighted by Crippen LogP contribution is 2.43. The molecule has 104 valence electrons. The van der Waals surface area contributed by atoms with Crippen LogP contribution in [-0.2, 0) is 0 Å². The van der Waals surface area contributed by atoms with Crippen molar-refractivity contribution in [3.63, 3.8) is 0 Å². The second-order valence-corrected chi connectivity index (χ2v) is 7.13. The van der Waals surface area contributed by atoms with E-state index >= 15 is 0 Å². The maximum atomic E-state index is 3.59. The minimum absolute atomic E-state index is 0.412. The third-order valence-corrected chi connectivity index (χ3v) is 5.59. The van der Waals surface area contributed by atoms with E-state index in [1.165, 1.54) is 43.1 Å². The average molecular weight is 276 g/mol. The summed E-state index contributed by atoms with van der Waals surface area (Å²) in [6.45, 7) is 7.21. The first-order valence-corrected chi connectivity index (χ1v) is 8.41. The van der Waals surface area contributed by atoms with Crippen molar-refractivity contribution in [1.29, 1.82) is 0 Å². The van der Waals surface area contributed by atoms with E-state index in [1.807, 2.05) is 11.8 Å². The van der Waals surface area contributed by atoms with Crippen LogP contribution in [0, 0.1) is 5.92 Å². The lowest BCUT2D eigenvalue weighted by Crippen LogP contribution is -2.61. The van der Waals surface area contributed by atoms with Crippen molar-refractivity contribution >= 4 is 11.8 Å². The summed E-state index contributed by atoms with van der Waals surface area (Å²) >= 11 is 1.98. The van der Waals surface area contributed by atoms with Gasteiger partial charge in [-0.1, -0.05) is 18.2 Å². The van der Waals surface area contributed by atoms with Crippen LogP contribution in [0.1, 0.15) is 19.8 Å². The van der Waals surface area contributed by atoms with Gasteiger partial charge in [0.15, 0.2) is 0 Å². The van der Waals surface area contributed by atoms with Crippen molar-refractivity contribution in [1.82, 2.24) is 10.2 Å². The summed E-state index contributed by atoms with van der Waals surface area (Å²) in [4.78, 5) is 4.13. The fourth-order valence-electron chi connectivity index (χ4n) is 3.19. The van der Waals surface area contributed by atoms with Gasteiger partial charge in [0.1, 0.15) is 0 Å². The van der Waals surface area contributed by atoms with Crippen molar-refractivity contribution in [3.05, 3.63) is 30.3 Å². The highest BCUT2D eigenvalue weighted by Gasteiger charge is 2.46. The summed E-state index contributed by atoms with van der Waals surface area (Å²) in [7, 11) is 0. The van der Waals surface area contributed by atoms with Gasteiger partial charge in [0, 0.05) is 42.4 Å². The molecule has 1 saturated carbocycles. The number of hydrogen-bond donors (Lipinski definition) is 1. The Hall–Kier alpha value is -0.510. The van der Waals surface area contributed by atoms with E-state index in [-0.39, 0.29) is 0 Å². The Morgan fingerprint density at radius 2 is 2.11 bits per heavy atom. The fraction of sp³-hybridized carbons (Fsp3) is 0.625. The summed E-state index contributed by atoms with van der Waals surface area (Å²) in [6, 6.07) is 10.8. The maximum absolute atomic E-state index is 3.59. The van der Waals surface area contributed by atoms with Crippen molar-refractivity contribution in [3.8, 4) is 0 Å². The minimum Gasteiger partial charge on any atom is -0.314 e. The van der Waals surface area contributed by atoms with Crippen LogP contribution in [0.25, 0.3) is 0 Å². The highest BCUT2D eigenvalue weighted by molar-refractivity contribution is 7.99. The lowest BCUT2D eigenvalue weighted by atomic mass is 9.91. The highest BCUT2D eigenvalue weighted by atomic mass is 32.2. The molecule has 3 rings (SSSR count). The molecule has 1 atom stereocenters. The van der Waals surface area contributed by atoms with Crippen molar-refractivity contribution < 1.29 is 0 Å². The molecule has 0 radical (unpaired) electrons. The van der Waals surface area contributed by atoms with Gasteiger partial charge < -0.3 is 5.32 Å². The van der Waals surface area contributed by atoms with Crippen molar-refractivity contribution in [2.24, 2.45) is 5.92 Å². The van der Waals surface area contributed by atoms with Gasteiger partial charge in [-0.3, -0.25) is 4.90 Å². The third-order valence-electron chi connectivity index (χ3n) is 4.59. The maximum Gasteiger partial charge on any atom is 0.0334 e. The molecule has 0 bridgehead atoms. The Morgan fingerprint density at radius 1 is 1.32 bits per heavy atom. The summed E-state index contributed by atoms with van der Waals surface area (Å²) in [5.41, 5.74) is 0.412. The molecule has 2 nitrogen and oxygen atoms in total. The predicted octanol–water partition coefficient (Wildman–Crippen LogP) is 2.85. The summed E-state index contributed by atoms with van der Waals surface area (Å²) in [5, 5.41) is 3.59. The van der Waals surface area contributed by atoms with Crippen LogP contribution in [0.15, 0.2) is 35.2 Å². The van der Waals surface area contributed by atoms with Gasteiger partial charge in [-0.05, 0) is 37.8 Å². The minimum atomic E-state index is 0.412. The van der Waals surface area contributed by atoms with E-state index in [0.717, 1.165) is 12.5 Å². The largest absolute Gasteiger partial charge is 0.314 e. The lowest BCUT2D eigenvalue weighted by molar-refractivity contribution is 0.0626. The fourth-order valence-corrected chi connectivity index (χ4v) is 4.09. The standard InChI is InChI=1S/C16H24N2S/c1-16(14-7-8-14)13-17-9-10-18(16)11-12-19-15-5-3-2-4-6-15/h2-6,14,17H,7-13H2,1H3. The van der Waals surface area contributed by atoms with Gasteiger partial charge in [-0.25, -0.2) is 0 Å². The molecule has 1 saturated heterocycles. The lowest BCUT2D eigenvalue weighted by Gasteiger charge is -2.46. The van der Waals surface area contributed by atoms with Crippen LogP contribution < -0.4 is 5.32 Å². The van der Waals surface area contributed by atoms with Crippen molar-refractivity contribution in [2.75, 3.05) is 31.9 Å². The van der Waals surface area contributed by atoms with E-state index in [9.17, 15) is 0 Å². The van der Waals surface area contributed by atoms with E-state index in [2.05, 4.69) is 47.5 Å². The zero-order valence-corrected chi connectivity index (χ0v) is 12.6. The zero-order chi connectivity index (χ0) is 13.1. The van der Waals surface area contributed by atoms with E-state index < -0.39 is 0 Å². The zero-order valence-electron chi connectivity index (χ0n) is 11.8. The molecule has 0 amide bonds. The Balaban J connectivity index is 1.53. The van der Waals surface area contributed by atoms with Crippen LogP contribution in [0.2, 0.25) is 0 Å². The monoisotopic (exact) mass is 276 g/mol. The molecule has 0 aromatic heterocycles. The number of piperazine rings is 1. The molecule has 2 aliphatic rings. The average Bonchev–Trinajstić information content (AvgIpc) is 3.27. The van der Waals surface area contributed by atoms with Gasteiger partial charge in [0.05, 0.1) is 0 Å². The summed E-state index contributed by atoms with van der Waals surface area (Å²) < 4.78 is 0. The first kappa shape index (κ1) is 13.5. The number of thioether (sulfide) groups is 1. The summed E-state index contributed by atoms with van der Waals surface area (Å²) in [6.07, 6.45) is 2.86. The molecule has 1 aliphatic heterocycles. The number of rotatable bonds is 5. The quantitative estimate of drug-likeness (QED) is 0.833. The molecule has 1 heterocycles. The molecule has 1 aromatic rings. The second kappa shape index (κ2) is 5.86. The van der Waals surface area contributed by atoms with Gasteiger partial charge in [0.25, 0.3) is 0 Å². The molecule has 0 spiro atoms. The normalized spacial score (nSPS) is 28.5. The molecule has 3 heteroatoms.